The van der Waals surface area contributed by atoms with E-state index >= 15 is 0 Å². The van der Waals surface area contributed by atoms with Crippen molar-refractivity contribution in [2.24, 2.45) is 11.8 Å². The molecular formula is C20H30N6O2S3. The highest BCUT2D eigenvalue weighted by Crippen LogP contribution is 2.29. The van der Waals surface area contributed by atoms with Gasteiger partial charge in [0.05, 0.1) is 0 Å². The molecular weight excluding hydrogens is 452 g/mol. The van der Waals surface area contributed by atoms with Gasteiger partial charge < -0.3 is 15.7 Å². The minimum Gasteiger partial charge on any atom is -0.373 e. The average molecular weight is 483 g/mol. The fourth-order valence-electron chi connectivity index (χ4n) is 4.15. The van der Waals surface area contributed by atoms with Crippen LogP contribution in [0.5, 0.6) is 0 Å². The van der Waals surface area contributed by atoms with E-state index in [0.717, 1.165) is 72.9 Å². The molecule has 2 aromatic heterocycles. The van der Waals surface area contributed by atoms with Gasteiger partial charge in [-0.2, -0.15) is 11.8 Å². The van der Waals surface area contributed by atoms with Crippen molar-refractivity contribution in [3.05, 3.63) is 10.0 Å². The Bertz CT molecular complexity index is 833. The van der Waals surface area contributed by atoms with E-state index in [4.69, 9.17) is 0 Å². The summed E-state index contributed by atoms with van der Waals surface area (Å²) in [4.78, 5) is 12.2. The number of thioether (sulfide) groups is 1. The Hall–Kier alpha value is -1.30. The molecule has 0 aromatic carbocycles. The van der Waals surface area contributed by atoms with Crippen LogP contribution in [0, 0.1) is 11.8 Å². The molecule has 11 heteroatoms. The van der Waals surface area contributed by atoms with Crippen LogP contribution in [0.2, 0.25) is 0 Å². The number of hydrogen-bond donors (Lipinski definition) is 3. The van der Waals surface area contributed by atoms with Crippen LogP contribution in [0.3, 0.4) is 0 Å². The molecule has 1 atom stereocenters. The summed E-state index contributed by atoms with van der Waals surface area (Å²) >= 11 is 4.85. The molecule has 3 N–H and O–H groups in total. The minimum absolute atomic E-state index is 0.0938. The maximum atomic E-state index is 12.2. The first-order chi connectivity index (χ1) is 15.2. The summed E-state index contributed by atoms with van der Waals surface area (Å²) in [5.41, 5.74) is 0. The van der Waals surface area contributed by atoms with E-state index in [1.54, 1.807) is 0 Å². The molecule has 170 valence electrons. The molecule has 0 aliphatic heterocycles. The molecule has 2 aliphatic rings. The van der Waals surface area contributed by atoms with Crippen LogP contribution in [0.15, 0.2) is 0 Å². The third kappa shape index (κ3) is 6.84. The highest BCUT2D eigenvalue weighted by molar-refractivity contribution is 7.99. The van der Waals surface area contributed by atoms with Crippen molar-refractivity contribution in [3.8, 4) is 0 Å². The Morgan fingerprint density at radius 3 is 2.19 bits per heavy atom. The molecule has 1 unspecified atom stereocenters. The second-order valence-corrected chi connectivity index (χ2v) is 11.6. The first kappa shape index (κ1) is 22.9. The lowest BCUT2D eigenvalue weighted by Gasteiger charge is -2.17. The fourth-order valence-corrected chi connectivity index (χ4v) is 6.80. The number of aliphatic hydroxyl groups is 1. The van der Waals surface area contributed by atoms with Gasteiger partial charge in [0.15, 0.2) is 0 Å². The number of amides is 1. The molecule has 2 heterocycles. The fraction of sp³-hybridized carbons (Fsp3) is 0.750. The van der Waals surface area contributed by atoms with E-state index in [0.29, 0.717) is 16.2 Å². The lowest BCUT2D eigenvalue weighted by atomic mass is 10.1. The van der Waals surface area contributed by atoms with Gasteiger partial charge in [0, 0.05) is 24.7 Å². The average Bonchev–Trinajstić information content (AvgIpc) is 3.55. The van der Waals surface area contributed by atoms with Gasteiger partial charge >= 0.3 is 0 Å². The predicted octanol–water partition coefficient (Wildman–Crippen LogP) is 3.96. The first-order valence-electron chi connectivity index (χ1n) is 11.2. The van der Waals surface area contributed by atoms with E-state index in [1.807, 2.05) is 11.8 Å². The maximum Gasteiger partial charge on any atom is 0.229 e. The number of aromatic nitrogens is 4. The Kier molecular flexibility index (Phi) is 8.51. The van der Waals surface area contributed by atoms with Crippen molar-refractivity contribution in [3.63, 3.8) is 0 Å². The molecule has 1 amide bonds. The summed E-state index contributed by atoms with van der Waals surface area (Å²) in [5, 5.41) is 36.3. The number of aliphatic hydroxyl groups excluding tert-OH is 1. The number of aryl methyl sites for hydroxylation is 2. The molecule has 2 aromatic rings. The van der Waals surface area contributed by atoms with Gasteiger partial charge in [-0.1, -0.05) is 48.4 Å². The first-order valence-corrected chi connectivity index (χ1v) is 13.9. The van der Waals surface area contributed by atoms with E-state index < -0.39 is 6.23 Å². The summed E-state index contributed by atoms with van der Waals surface area (Å²) in [6, 6.07) is 0. The smallest absolute Gasteiger partial charge is 0.229 e. The Labute approximate surface area is 195 Å². The van der Waals surface area contributed by atoms with Crippen LogP contribution in [-0.4, -0.2) is 49.1 Å². The van der Waals surface area contributed by atoms with E-state index in [-0.39, 0.29) is 11.8 Å². The van der Waals surface area contributed by atoms with Crippen LogP contribution in [0.25, 0.3) is 0 Å². The van der Waals surface area contributed by atoms with Gasteiger partial charge in [-0.15, -0.1) is 20.4 Å². The molecule has 8 nitrogen and oxygen atoms in total. The zero-order valence-electron chi connectivity index (χ0n) is 17.6. The number of hydrogen-bond acceptors (Lipinski definition) is 10. The summed E-state index contributed by atoms with van der Waals surface area (Å²) in [6.07, 6.45) is 10.0. The maximum absolute atomic E-state index is 12.2. The normalized spacial score (nSPS) is 18.5. The third-order valence-electron chi connectivity index (χ3n) is 5.93. The SMILES string of the molecule is O=C(Nc1nnc(CCSCCc2nnc(NC(O)C3CCCC3)s2)s1)C1CCCC1. The van der Waals surface area contributed by atoms with Crippen molar-refractivity contribution in [2.45, 2.75) is 70.4 Å². The van der Waals surface area contributed by atoms with Gasteiger partial charge in [0.2, 0.25) is 16.2 Å². The van der Waals surface area contributed by atoms with E-state index in [9.17, 15) is 9.90 Å². The summed E-state index contributed by atoms with van der Waals surface area (Å²) in [5.74, 6) is 2.49. The van der Waals surface area contributed by atoms with Crippen molar-refractivity contribution >= 4 is 50.6 Å². The Balaban J connectivity index is 1.11. The number of rotatable bonds is 11. The molecule has 31 heavy (non-hydrogen) atoms. The zero-order chi connectivity index (χ0) is 21.5. The standard InChI is InChI=1S/C20H30N6O2S3/c27-17(13-5-1-2-6-13)21-19-25-23-15(30-19)9-11-29-12-10-16-24-26-20(31-16)22-18(28)14-7-3-4-8-14/h13-14,17,27H,1-12H2,(H,21,25)(H,22,26,28). The number of nitrogens with zero attached hydrogens (tertiary/aromatic N) is 4. The molecule has 0 bridgehead atoms. The topological polar surface area (TPSA) is 113 Å². The van der Waals surface area contributed by atoms with Gasteiger partial charge in [-0.25, -0.2) is 0 Å². The molecule has 2 saturated carbocycles. The molecule has 0 saturated heterocycles. The lowest BCUT2D eigenvalue weighted by Crippen LogP contribution is -2.26. The summed E-state index contributed by atoms with van der Waals surface area (Å²) in [7, 11) is 0. The minimum atomic E-state index is -0.516. The number of carbonyl (C=O) groups is 1. The largest absolute Gasteiger partial charge is 0.373 e. The number of carbonyl (C=O) groups excluding carboxylic acids is 1. The highest BCUT2D eigenvalue weighted by Gasteiger charge is 2.24. The zero-order valence-corrected chi connectivity index (χ0v) is 20.0. The molecule has 4 rings (SSSR count). The van der Waals surface area contributed by atoms with Crippen LogP contribution in [-0.2, 0) is 17.6 Å². The highest BCUT2D eigenvalue weighted by atomic mass is 32.2. The second-order valence-electron chi connectivity index (χ2n) is 8.22. The van der Waals surface area contributed by atoms with Crippen molar-refractivity contribution < 1.29 is 9.90 Å². The van der Waals surface area contributed by atoms with E-state index in [1.165, 1.54) is 35.5 Å². The Morgan fingerprint density at radius 2 is 1.52 bits per heavy atom. The molecule has 0 radical (unpaired) electrons. The molecule has 2 aliphatic carbocycles. The van der Waals surface area contributed by atoms with Crippen molar-refractivity contribution in [1.29, 1.82) is 0 Å². The third-order valence-corrected chi connectivity index (χ3v) is 8.73. The van der Waals surface area contributed by atoms with Crippen molar-refractivity contribution in [1.82, 2.24) is 20.4 Å². The quantitative estimate of drug-likeness (QED) is 0.326. The monoisotopic (exact) mass is 482 g/mol. The second kappa shape index (κ2) is 11.5. The number of anilines is 2. The van der Waals surface area contributed by atoms with Gasteiger partial charge in [-0.05, 0) is 37.2 Å². The van der Waals surface area contributed by atoms with Crippen LogP contribution in [0.4, 0.5) is 10.3 Å². The Morgan fingerprint density at radius 1 is 0.935 bits per heavy atom. The van der Waals surface area contributed by atoms with Gasteiger partial charge in [-0.3, -0.25) is 4.79 Å². The van der Waals surface area contributed by atoms with Gasteiger partial charge in [0.25, 0.3) is 0 Å². The lowest BCUT2D eigenvalue weighted by molar-refractivity contribution is -0.119. The predicted molar refractivity (Wildman–Crippen MR) is 127 cm³/mol. The van der Waals surface area contributed by atoms with Crippen LogP contribution < -0.4 is 10.6 Å². The van der Waals surface area contributed by atoms with E-state index in [2.05, 4.69) is 31.0 Å². The summed E-state index contributed by atoms with van der Waals surface area (Å²) < 4.78 is 0. The molecule has 2 fully saturated rings. The summed E-state index contributed by atoms with van der Waals surface area (Å²) in [6.45, 7) is 0. The van der Waals surface area contributed by atoms with Crippen LogP contribution in [0.1, 0.15) is 61.4 Å². The van der Waals surface area contributed by atoms with Crippen molar-refractivity contribution in [2.75, 3.05) is 22.1 Å². The van der Waals surface area contributed by atoms with Crippen LogP contribution >= 0.6 is 34.4 Å². The number of nitrogens with one attached hydrogen (secondary N) is 2. The van der Waals surface area contributed by atoms with Gasteiger partial charge in [0.1, 0.15) is 16.2 Å². The molecule has 0 spiro atoms.